The summed E-state index contributed by atoms with van der Waals surface area (Å²) >= 11 is 0. The SMILES string of the molecule is CC1CCN(CCOC2CCCCC2C)C1. The van der Waals surface area contributed by atoms with Gasteiger partial charge in [0.15, 0.2) is 0 Å². The predicted octanol–water partition coefficient (Wildman–Crippen LogP) is 2.92. The van der Waals surface area contributed by atoms with Crippen LogP contribution in [0.4, 0.5) is 0 Å². The number of likely N-dealkylation sites (tertiary alicyclic amines) is 1. The molecule has 0 amide bonds. The van der Waals surface area contributed by atoms with Gasteiger partial charge in [0.1, 0.15) is 0 Å². The van der Waals surface area contributed by atoms with Gasteiger partial charge in [0.05, 0.1) is 12.7 Å². The highest BCUT2D eigenvalue weighted by Crippen LogP contribution is 2.26. The topological polar surface area (TPSA) is 12.5 Å². The van der Waals surface area contributed by atoms with Crippen molar-refractivity contribution in [1.29, 1.82) is 0 Å². The van der Waals surface area contributed by atoms with Gasteiger partial charge in [-0.1, -0.05) is 26.7 Å². The molecule has 0 aromatic heterocycles. The zero-order valence-corrected chi connectivity index (χ0v) is 11.0. The third kappa shape index (κ3) is 3.46. The van der Waals surface area contributed by atoms with Gasteiger partial charge < -0.3 is 9.64 Å². The number of rotatable bonds is 4. The van der Waals surface area contributed by atoms with E-state index in [2.05, 4.69) is 18.7 Å². The van der Waals surface area contributed by atoms with Crippen LogP contribution in [0.25, 0.3) is 0 Å². The Bertz CT molecular complexity index is 207. The molecule has 2 aliphatic rings. The quantitative estimate of drug-likeness (QED) is 0.729. The fourth-order valence-electron chi connectivity index (χ4n) is 3.09. The van der Waals surface area contributed by atoms with Crippen molar-refractivity contribution in [1.82, 2.24) is 4.90 Å². The third-order valence-electron chi connectivity index (χ3n) is 4.28. The van der Waals surface area contributed by atoms with E-state index in [1.165, 1.54) is 45.2 Å². The van der Waals surface area contributed by atoms with E-state index in [-0.39, 0.29) is 0 Å². The predicted molar refractivity (Wildman–Crippen MR) is 67.6 cm³/mol. The zero-order valence-electron chi connectivity index (χ0n) is 11.0. The van der Waals surface area contributed by atoms with Gasteiger partial charge in [-0.3, -0.25) is 0 Å². The molecule has 94 valence electrons. The molecule has 16 heavy (non-hydrogen) atoms. The van der Waals surface area contributed by atoms with Crippen LogP contribution in [-0.2, 0) is 4.74 Å². The lowest BCUT2D eigenvalue weighted by Gasteiger charge is -2.29. The number of ether oxygens (including phenoxy) is 1. The molecule has 3 atom stereocenters. The van der Waals surface area contributed by atoms with Crippen LogP contribution in [0.15, 0.2) is 0 Å². The maximum absolute atomic E-state index is 6.05. The van der Waals surface area contributed by atoms with E-state index >= 15 is 0 Å². The van der Waals surface area contributed by atoms with E-state index < -0.39 is 0 Å². The summed E-state index contributed by atoms with van der Waals surface area (Å²) in [5.41, 5.74) is 0. The van der Waals surface area contributed by atoms with Crippen LogP contribution in [0.2, 0.25) is 0 Å². The van der Waals surface area contributed by atoms with Crippen molar-refractivity contribution in [2.75, 3.05) is 26.2 Å². The van der Waals surface area contributed by atoms with Crippen LogP contribution >= 0.6 is 0 Å². The maximum Gasteiger partial charge on any atom is 0.0601 e. The average Bonchev–Trinajstić information content (AvgIpc) is 2.67. The number of hydrogen-bond donors (Lipinski definition) is 0. The Hall–Kier alpha value is -0.0800. The molecule has 0 N–H and O–H groups in total. The number of nitrogens with zero attached hydrogens (tertiary/aromatic N) is 1. The molecule has 0 spiro atoms. The normalized spacial score (nSPS) is 36.8. The fourth-order valence-corrected chi connectivity index (χ4v) is 3.09. The summed E-state index contributed by atoms with van der Waals surface area (Å²) in [6, 6.07) is 0. The fraction of sp³-hybridized carbons (Fsp3) is 1.00. The maximum atomic E-state index is 6.05. The van der Waals surface area contributed by atoms with E-state index in [1.807, 2.05) is 0 Å². The van der Waals surface area contributed by atoms with Crippen LogP contribution in [0.1, 0.15) is 46.0 Å². The molecule has 1 saturated heterocycles. The summed E-state index contributed by atoms with van der Waals surface area (Å²) < 4.78 is 6.05. The van der Waals surface area contributed by atoms with E-state index in [9.17, 15) is 0 Å². The van der Waals surface area contributed by atoms with Crippen LogP contribution in [0, 0.1) is 11.8 Å². The molecule has 1 aliphatic carbocycles. The highest BCUT2D eigenvalue weighted by atomic mass is 16.5. The minimum Gasteiger partial charge on any atom is -0.377 e. The molecule has 0 aromatic carbocycles. The van der Waals surface area contributed by atoms with Crippen molar-refractivity contribution in [3.8, 4) is 0 Å². The lowest BCUT2D eigenvalue weighted by Crippen LogP contribution is -2.30. The Labute approximate surface area is 100 Å². The molecule has 0 radical (unpaired) electrons. The summed E-state index contributed by atoms with van der Waals surface area (Å²) in [5, 5.41) is 0. The molecular formula is C14H27NO. The van der Waals surface area contributed by atoms with Crippen molar-refractivity contribution in [2.24, 2.45) is 11.8 Å². The largest absolute Gasteiger partial charge is 0.377 e. The van der Waals surface area contributed by atoms with Gasteiger partial charge >= 0.3 is 0 Å². The van der Waals surface area contributed by atoms with Crippen LogP contribution in [0.3, 0.4) is 0 Å². The summed E-state index contributed by atoms with van der Waals surface area (Å²) in [7, 11) is 0. The van der Waals surface area contributed by atoms with Crippen molar-refractivity contribution in [3.05, 3.63) is 0 Å². The Morgan fingerprint density at radius 3 is 2.62 bits per heavy atom. The Balaban J connectivity index is 1.60. The molecule has 1 saturated carbocycles. The third-order valence-corrected chi connectivity index (χ3v) is 4.28. The van der Waals surface area contributed by atoms with Crippen molar-refractivity contribution < 1.29 is 4.74 Å². The monoisotopic (exact) mass is 225 g/mol. The first-order valence-electron chi connectivity index (χ1n) is 7.09. The first kappa shape index (κ1) is 12.4. The first-order valence-corrected chi connectivity index (χ1v) is 7.09. The summed E-state index contributed by atoms with van der Waals surface area (Å²) in [5.74, 6) is 1.68. The minimum absolute atomic E-state index is 0.550. The van der Waals surface area contributed by atoms with E-state index in [4.69, 9.17) is 4.74 Å². The van der Waals surface area contributed by atoms with Crippen LogP contribution < -0.4 is 0 Å². The highest BCUT2D eigenvalue weighted by molar-refractivity contribution is 4.74. The molecule has 2 rings (SSSR count). The second-order valence-corrected chi connectivity index (χ2v) is 5.87. The van der Waals surface area contributed by atoms with Gasteiger partial charge in [0, 0.05) is 13.1 Å². The summed E-state index contributed by atoms with van der Waals surface area (Å²) in [6.45, 7) is 9.36. The van der Waals surface area contributed by atoms with Crippen LogP contribution in [-0.4, -0.2) is 37.2 Å². The second-order valence-electron chi connectivity index (χ2n) is 5.87. The molecule has 0 bridgehead atoms. The lowest BCUT2D eigenvalue weighted by molar-refractivity contribution is -0.0121. The molecule has 0 aromatic rings. The molecule has 3 unspecified atom stereocenters. The van der Waals surface area contributed by atoms with Gasteiger partial charge in [-0.05, 0) is 37.6 Å². The Morgan fingerprint density at radius 2 is 1.94 bits per heavy atom. The van der Waals surface area contributed by atoms with E-state index in [1.54, 1.807) is 0 Å². The minimum atomic E-state index is 0.550. The smallest absolute Gasteiger partial charge is 0.0601 e. The molecule has 1 heterocycles. The summed E-state index contributed by atoms with van der Waals surface area (Å²) in [4.78, 5) is 2.55. The average molecular weight is 225 g/mol. The molecule has 2 heteroatoms. The summed E-state index contributed by atoms with van der Waals surface area (Å²) in [6.07, 6.45) is 7.36. The highest BCUT2D eigenvalue weighted by Gasteiger charge is 2.23. The Kier molecular flexibility index (Phi) is 4.66. The zero-order chi connectivity index (χ0) is 11.4. The standard InChI is InChI=1S/C14H27NO/c1-12-7-8-15(11-12)9-10-16-14-6-4-3-5-13(14)2/h12-14H,3-11H2,1-2H3. The second kappa shape index (κ2) is 6.02. The molecular weight excluding hydrogens is 198 g/mol. The van der Waals surface area contributed by atoms with Gasteiger partial charge in [0.2, 0.25) is 0 Å². The first-order chi connectivity index (χ1) is 7.75. The van der Waals surface area contributed by atoms with Gasteiger partial charge in [-0.15, -0.1) is 0 Å². The van der Waals surface area contributed by atoms with E-state index in [0.717, 1.165) is 25.0 Å². The van der Waals surface area contributed by atoms with E-state index in [0.29, 0.717) is 6.10 Å². The van der Waals surface area contributed by atoms with Crippen molar-refractivity contribution in [3.63, 3.8) is 0 Å². The van der Waals surface area contributed by atoms with Gasteiger partial charge in [-0.25, -0.2) is 0 Å². The van der Waals surface area contributed by atoms with Crippen molar-refractivity contribution in [2.45, 2.75) is 52.1 Å². The number of hydrogen-bond acceptors (Lipinski definition) is 2. The molecule has 1 aliphatic heterocycles. The van der Waals surface area contributed by atoms with Crippen LogP contribution in [0.5, 0.6) is 0 Å². The Morgan fingerprint density at radius 1 is 1.12 bits per heavy atom. The van der Waals surface area contributed by atoms with Gasteiger partial charge in [0.25, 0.3) is 0 Å². The molecule has 2 nitrogen and oxygen atoms in total. The van der Waals surface area contributed by atoms with Gasteiger partial charge in [-0.2, -0.15) is 0 Å². The lowest BCUT2D eigenvalue weighted by atomic mass is 9.88. The molecule has 2 fully saturated rings. The van der Waals surface area contributed by atoms with Crippen molar-refractivity contribution >= 4 is 0 Å².